The molecule has 98 valence electrons. The normalized spacial score (nSPS) is 25.4. The van der Waals surface area contributed by atoms with Crippen LogP contribution >= 0.6 is 0 Å². The molecule has 1 fully saturated rings. The molecule has 0 radical (unpaired) electrons. The fourth-order valence-electron chi connectivity index (χ4n) is 2.20. The van der Waals surface area contributed by atoms with Crippen molar-refractivity contribution in [3.8, 4) is 0 Å². The van der Waals surface area contributed by atoms with Gasteiger partial charge in [-0.15, -0.1) is 0 Å². The van der Waals surface area contributed by atoms with Gasteiger partial charge in [-0.3, -0.25) is 4.79 Å². The standard InChI is InChI=1S/C14H18FNO2/c1-8-4-5-10(15)9(6-8)13(18)16-11-7-12(17)14(11,2)3/h4-6,11-12,17H,7H2,1-3H3,(H,16,18). The Morgan fingerprint density at radius 1 is 1.50 bits per heavy atom. The zero-order valence-corrected chi connectivity index (χ0v) is 10.8. The first-order valence-corrected chi connectivity index (χ1v) is 6.07. The Kier molecular flexibility index (Phi) is 3.15. The number of aryl methyl sites for hydroxylation is 1. The number of hydrogen-bond acceptors (Lipinski definition) is 2. The number of halogens is 1. The summed E-state index contributed by atoms with van der Waals surface area (Å²) >= 11 is 0. The Bertz CT molecular complexity index is 485. The smallest absolute Gasteiger partial charge is 0.254 e. The number of carbonyl (C=O) groups excluding carboxylic acids is 1. The lowest BCUT2D eigenvalue weighted by Gasteiger charge is -2.49. The second-order valence-corrected chi connectivity index (χ2v) is 5.58. The third-order valence-corrected chi connectivity index (χ3v) is 3.89. The van der Waals surface area contributed by atoms with Gasteiger partial charge < -0.3 is 10.4 Å². The minimum atomic E-state index is -0.518. The fourth-order valence-corrected chi connectivity index (χ4v) is 2.20. The molecular formula is C14H18FNO2. The summed E-state index contributed by atoms with van der Waals surface area (Å²) in [6.45, 7) is 5.59. The molecule has 1 aliphatic rings. The van der Waals surface area contributed by atoms with E-state index in [4.69, 9.17) is 0 Å². The summed E-state index contributed by atoms with van der Waals surface area (Å²) in [5.74, 6) is -0.933. The van der Waals surface area contributed by atoms with Crippen LogP contribution in [0, 0.1) is 18.2 Å². The Morgan fingerprint density at radius 3 is 2.72 bits per heavy atom. The van der Waals surface area contributed by atoms with E-state index in [1.54, 1.807) is 6.07 Å². The van der Waals surface area contributed by atoms with Crippen LogP contribution in [0.5, 0.6) is 0 Å². The molecule has 0 saturated heterocycles. The van der Waals surface area contributed by atoms with Gasteiger partial charge in [-0.05, 0) is 25.5 Å². The van der Waals surface area contributed by atoms with Crippen LogP contribution in [0.4, 0.5) is 4.39 Å². The number of benzene rings is 1. The van der Waals surface area contributed by atoms with Crippen molar-refractivity contribution >= 4 is 5.91 Å². The van der Waals surface area contributed by atoms with Gasteiger partial charge in [0, 0.05) is 11.5 Å². The number of carbonyl (C=O) groups is 1. The predicted octanol–water partition coefficient (Wildman–Crippen LogP) is 2.02. The predicted molar refractivity (Wildman–Crippen MR) is 66.8 cm³/mol. The molecular weight excluding hydrogens is 233 g/mol. The van der Waals surface area contributed by atoms with Crippen molar-refractivity contribution in [3.05, 3.63) is 35.1 Å². The largest absolute Gasteiger partial charge is 0.392 e. The molecule has 1 amide bonds. The van der Waals surface area contributed by atoms with E-state index in [0.29, 0.717) is 6.42 Å². The Balaban J connectivity index is 2.12. The lowest BCUT2D eigenvalue weighted by molar-refractivity contribution is -0.0689. The summed E-state index contributed by atoms with van der Waals surface area (Å²) in [5, 5.41) is 12.4. The average Bonchev–Trinajstić information content (AvgIpc) is 2.31. The molecule has 18 heavy (non-hydrogen) atoms. The first-order chi connectivity index (χ1) is 8.32. The molecule has 2 atom stereocenters. The van der Waals surface area contributed by atoms with Crippen LogP contribution in [0.25, 0.3) is 0 Å². The maximum atomic E-state index is 13.6. The van der Waals surface area contributed by atoms with E-state index < -0.39 is 17.8 Å². The maximum Gasteiger partial charge on any atom is 0.254 e. The molecule has 0 spiro atoms. The molecule has 0 aliphatic heterocycles. The maximum absolute atomic E-state index is 13.6. The van der Waals surface area contributed by atoms with Crippen LogP contribution in [0.1, 0.15) is 36.2 Å². The van der Waals surface area contributed by atoms with E-state index in [0.717, 1.165) is 5.56 Å². The molecule has 1 saturated carbocycles. The summed E-state index contributed by atoms with van der Waals surface area (Å²) in [6.07, 6.45) is 0.108. The van der Waals surface area contributed by atoms with Gasteiger partial charge in [0.15, 0.2) is 0 Å². The SMILES string of the molecule is Cc1ccc(F)c(C(=O)NC2CC(O)C2(C)C)c1. The minimum Gasteiger partial charge on any atom is -0.392 e. The quantitative estimate of drug-likeness (QED) is 0.845. The zero-order valence-electron chi connectivity index (χ0n) is 10.8. The van der Waals surface area contributed by atoms with Crippen molar-refractivity contribution in [1.29, 1.82) is 0 Å². The number of rotatable bonds is 2. The highest BCUT2D eigenvalue weighted by Gasteiger charge is 2.48. The molecule has 3 nitrogen and oxygen atoms in total. The highest BCUT2D eigenvalue weighted by molar-refractivity contribution is 5.95. The molecule has 1 aliphatic carbocycles. The number of nitrogens with one attached hydrogen (secondary N) is 1. The lowest BCUT2D eigenvalue weighted by Crippen LogP contribution is -2.61. The molecule has 2 N–H and O–H groups in total. The van der Waals surface area contributed by atoms with Gasteiger partial charge in [0.05, 0.1) is 11.7 Å². The van der Waals surface area contributed by atoms with Crippen LogP contribution in [0.3, 0.4) is 0 Å². The molecule has 2 unspecified atom stereocenters. The summed E-state index contributed by atoms with van der Waals surface area (Å²) < 4.78 is 13.6. The van der Waals surface area contributed by atoms with E-state index in [9.17, 15) is 14.3 Å². The zero-order chi connectivity index (χ0) is 13.5. The average molecular weight is 251 g/mol. The molecule has 1 aromatic carbocycles. The van der Waals surface area contributed by atoms with Crippen molar-refractivity contribution in [2.24, 2.45) is 5.41 Å². The number of hydrogen-bond donors (Lipinski definition) is 2. The topological polar surface area (TPSA) is 49.3 Å². The Morgan fingerprint density at radius 2 is 2.17 bits per heavy atom. The van der Waals surface area contributed by atoms with Gasteiger partial charge in [0.25, 0.3) is 5.91 Å². The van der Waals surface area contributed by atoms with E-state index in [1.807, 2.05) is 20.8 Å². The first kappa shape index (κ1) is 13.0. The van der Waals surface area contributed by atoms with E-state index in [1.165, 1.54) is 12.1 Å². The molecule has 1 aromatic rings. The molecule has 2 rings (SSSR count). The third kappa shape index (κ3) is 2.12. The summed E-state index contributed by atoms with van der Waals surface area (Å²) in [5.41, 5.74) is 0.553. The van der Waals surface area contributed by atoms with Crippen LogP contribution < -0.4 is 5.32 Å². The van der Waals surface area contributed by atoms with Crippen LogP contribution in [0.15, 0.2) is 18.2 Å². The highest BCUT2D eigenvalue weighted by atomic mass is 19.1. The monoisotopic (exact) mass is 251 g/mol. The number of amides is 1. The highest BCUT2D eigenvalue weighted by Crippen LogP contribution is 2.40. The summed E-state index contributed by atoms with van der Waals surface area (Å²) in [6, 6.07) is 4.35. The fraction of sp³-hybridized carbons (Fsp3) is 0.500. The molecule has 4 heteroatoms. The Hall–Kier alpha value is -1.42. The summed E-state index contributed by atoms with van der Waals surface area (Å²) in [7, 11) is 0. The van der Waals surface area contributed by atoms with E-state index >= 15 is 0 Å². The van der Waals surface area contributed by atoms with Crippen molar-refractivity contribution in [2.75, 3.05) is 0 Å². The molecule has 0 heterocycles. The molecule has 0 aromatic heterocycles. The summed E-state index contributed by atoms with van der Waals surface area (Å²) in [4.78, 5) is 12.0. The van der Waals surface area contributed by atoms with Gasteiger partial charge in [-0.2, -0.15) is 0 Å². The van der Waals surface area contributed by atoms with Crippen molar-refractivity contribution in [1.82, 2.24) is 5.32 Å². The minimum absolute atomic E-state index is 0.0622. The van der Waals surface area contributed by atoms with Crippen molar-refractivity contribution in [3.63, 3.8) is 0 Å². The van der Waals surface area contributed by atoms with Crippen molar-refractivity contribution < 1.29 is 14.3 Å². The second kappa shape index (κ2) is 4.35. The van der Waals surface area contributed by atoms with Gasteiger partial charge >= 0.3 is 0 Å². The second-order valence-electron chi connectivity index (χ2n) is 5.58. The lowest BCUT2D eigenvalue weighted by atomic mass is 9.64. The van der Waals surface area contributed by atoms with Crippen LogP contribution in [-0.2, 0) is 0 Å². The van der Waals surface area contributed by atoms with E-state index in [-0.39, 0.29) is 17.0 Å². The van der Waals surface area contributed by atoms with Gasteiger partial charge in [-0.1, -0.05) is 25.5 Å². The number of aliphatic hydroxyl groups excluding tert-OH is 1. The number of aliphatic hydroxyl groups is 1. The Labute approximate surface area is 106 Å². The first-order valence-electron chi connectivity index (χ1n) is 6.07. The molecule has 0 bridgehead atoms. The van der Waals surface area contributed by atoms with Gasteiger partial charge in [0.2, 0.25) is 0 Å². The van der Waals surface area contributed by atoms with Gasteiger partial charge in [0.1, 0.15) is 5.82 Å². The van der Waals surface area contributed by atoms with Crippen LogP contribution in [-0.4, -0.2) is 23.2 Å². The van der Waals surface area contributed by atoms with E-state index in [2.05, 4.69) is 5.32 Å². The third-order valence-electron chi connectivity index (χ3n) is 3.89. The van der Waals surface area contributed by atoms with Crippen LogP contribution in [0.2, 0.25) is 0 Å². The van der Waals surface area contributed by atoms with Crippen molar-refractivity contribution in [2.45, 2.75) is 39.3 Å². The van der Waals surface area contributed by atoms with Gasteiger partial charge in [-0.25, -0.2) is 4.39 Å².